The first-order chi connectivity index (χ1) is 6.26. The lowest BCUT2D eigenvalue weighted by Gasteiger charge is -2.28. The van der Waals surface area contributed by atoms with Crippen LogP contribution in [0.2, 0.25) is 0 Å². The van der Waals surface area contributed by atoms with Crippen LogP contribution in [0.5, 0.6) is 0 Å². The highest BCUT2D eigenvalue weighted by atomic mass is 16.5. The monoisotopic (exact) mass is 183 g/mol. The standard InChI is InChI=1S/C10H17NO2/c1-2-13-9(12)8-3-4-10(5-6-10)11-7-8/h8,11H,2-7H2,1H3. The molecule has 0 aromatic heterocycles. The fraction of sp³-hybridized carbons (Fsp3) is 0.900. The van der Waals surface area contributed by atoms with Gasteiger partial charge in [0.15, 0.2) is 0 Å². The molecule has 0 amide bonds. The van der Waals surface area contributed by atoms with E-state index in [1.165, 1.54) is 12.8 Å². The SMILES string of the molecule is CCOC(=O)C1CCC2(CC2)NC1. The first-order valence-electron chi connectivity index (χ1n) is 5.17. The summed E-state index contributed by atoms with van der Waals surface area (Å²) in [5.74, 6) is 0.0803. The van der Waals surface area contributed by atoms with Crippen LogP contribution in [0.3, 0.4) is 0 Å². The maximum Gasteiger partial charge on any atom is 0.310 e. The zero-order chi connectivity index (χ0) is 9.31. The first kappa shape index (κ1) is 9.00. The van der Waals surface area contributed by atoms with Crippen LogP contribution in [0.15, 0.2) is 0 Å². The van der Waals surface area contributed by atoms with Crippen LogP contribution >= 0.6 is 0 Å². The van der Waals surface area contributed by atoms with Crippen molar-refractivity contribution in [3.63, 3.8) is 0 Å². The normalized spacial score (nSPS) is 30.1. The van der Waals surface area contributed by atoms with Gasteiger partial charge in [-0.2, -0.15) is 0 Å². The molecule has 2 rings (SSSR count). The van der Waals surface area contributed by atoms with Gasteiger partial charge in [0.1, 0.15) is 0 Å². The van der Waals surface area contributed by atoms with Crippen molar-refractivity contribution in [1.29, 1.82) is 0 Å². The molecule has 0 radical (unpaired) electrons. The van der Waals surface area contributed by atoms with Gasteiger partial charge in [-0.3, -0.25) is 4.79 Å². The molecule has 1 spiro atoms. The Bertz CT molecular complexity index is 201. The zero-order valence-corrected chi connectivity index (χ0v) is 8.14. The predicted molar refractivity (Wildman–Crippen MR) is 49.3 cm³/mol. The Balaban J connectivity index is 1.80. The molecule has 1 saturated heterocycles. The Morgan fingerprint density at radius 1 is 1.54 bits per heavy atom. The second-order valence-corrected chi connectivity index (χ2v) is 4.15. The lowest BCUT2D eigenvalue weighted by Crippen LogP contribution is -2.43. The largest absolute Gasteiger partial charge is 0.466 e. The molecule has 1 aliphatic carbocycles. The Labute approximate surface area is 78.8 Å². The third-order valence-corrected chi connectivity index (χ3v) is 3.17. The summed E-state index contributed by atoms with van der Waals surface area (Å²) in [6, 6.07) is 0. The molecule has 3 nitrogen and oxygen atoms in total. The molecule has 1 N–H and O–H groups in total. The number of nitrogens with one attached hydrogen (secondary N) is 1. The Hall–Kier alpha value is -0.570. The number of hydrogen-bond acceptors (Lipinski definition) is 3. The summed E-state index contributed by atoms with van der Waals surface area (Å²) in [4.78, 5) is 11.4. The molecule has 13 heavy (non-hydrogen) atoms. The van der Waals surface area contributed by atoms with Gasteiger partial charge in [0.25, 0.3) is 0 Å². The third kappa shape index (κ3) is 1.85. The Morgan fingerprint density at radius 3 is 2.77 bits per heavy atom. The number of carbonyl (C=O) groups is 1. The fourth-order valence-corrected chi connectivity index (χ4v) is 2.02. The smallest absolute Gasteiger partial charge is 0.310 e. The number of carbonyl (C=O) groups excluding carboxylic acids is 1. The number of rotatable bonds is 2. The predicted octanol–water partition coefficient (Wildman–Crippen LogP) is 1.08. The average Bonchev–Trinajstić information content (AvgIpc) is 2.87. The van der Waals surface area contributed by atoms with E-state index in [0.717, 1.165) is 19.4 Å². The fourth-order valence-electron chi connectivity index (χ4n) is 2.02. The zero-order valence-electron chi connectivity index (χ0n) is 8.14. The molecule has 1 atom stereocenters. The minimum absolute atomic E-state index is 0.0227. The number of hydrogen-bond donors (Lipinski definition) is 1. The van der Waals surface area contributed by atoms with Crippen molar-refractivity contribution in [2.45, 2.75) is 38.1 Å². The second-order valence-electron chi connectivity index (χ2n) is 4.15. The van der Waals surface area contributed by atoms with Crippen molar-refractivity contribution < 1.29 is 9.53 Å². The quantitative estimate of drug-likeness (QED) is 0.651. The highest BCUT2D eigenvalue weighted by Gasteiger charge is 2.45. The van der Waals surface area contributed by atoms with Crippen LogP contribution in [0, 0.1) is 5.92 Å². The van der Waals surface area contributed by atoms with Crippen molar-refractivity contribution in [1.82, 2.24) is 5.32 Å². The summed E-state index contributed by atoms with van der Waals surface area (Å²) in [5, 5.41) is 3.46. The average molecular weight is 183 g/mol. The maximum absolute atomic E-state index is 11.4. The molecule has 74 valence electrons. The van der Waals surface area contributed by atoms with E-state index in [0.29, 0.717) is 12.1 Å². The minimum atomic E-state index is -0.0227. The summed E-state index contributed by atoms with van der Waals surface area (Å²) >= 11 is 0. The van der Waals surface area contributed by atoms with Crippen molar-refractivity contribution in [2.75, 3.05) is 13.2 Å². The van der Waals surface area contributed by atoms with Crippen LogP contribution < -0.4 is 5.32 Å². The highest BCUT2D eigenvalue weighted by molar-refractivity contribution is 5.72. The first-order valence-corrected chi connectivity index (χ1v) is 5.17. The summed E-state index contributed by atoms with van der Waals surface area (Å²) < 4.78 is 4.99. The van der Waals surface area contributed by atoms with Crippen LogP contribution in [-0.2, 0) is 9.53 Å². The van der Waals surface area contributed by atoms with Gasteiger partial charge < -0.3 is 10.1 Å². The van der Waals surface area contributed by atoms with E-state index in [-0.39, 0.29) is 11.9 Å². The molecule has 1 unspecified atom stereocenters. The third-order valence-electron chi connectivity index (χ3n) is 3.17. The Morgan fingerprint density at radius 2 is 2.31 bits per heavy atom. The van der Waals surface area contributed by atoms with Crippen molar-refractivity contribution in [2.24, 2.45) is 5.92 Å². The van der Waals surface area contributed by atoms with Gasteiger partial charge in [0, 0.05) is 12.1 Å². The van der Waals surface area contributed by atoms with E-state index in [1.807, 2.05) is 6.92 Å². The van der Waals surface area contributed by atoms with E-state index >= 15 is 0 Å². The molecule has 0 aromatic carbocycles. The summed E-state index contributed by atoms with van der Waals surface area (Å²) in [6.07, 6.45) is 4.74. The molecule has 0 aromatic rings. The molecular weight excluding hydrogens is 166 g/mol. The van der Waals surface area contributed by atoms with Gasteiger partial charge in [0.2, 0.25) is 0 Å². The maximum atomic E-state index is 11.4. The van der Waals surface area contributed by atoms with E-state index in [2.05, 4.69) is 5.32 Å². The lowest BCUT2D eigenvalue weighted by atomic mass is 9.93. The number of piperidine rings is 1. The molecule has 2 aliphatic rings. The van der Waals surface area contributed by atoms with Gasteiger partial charge in [-0.15, -0.1) is 0 Å². The van der Waals surface area contributed by atoms with Gasteiger partial charge >= 0.3 is 5.97 Å². The number of ether oxygens (including phenoxy) is 1. The van der Waals surface area contributed by atoms with Gasteiger partial charge in [-0.25, -0.2) is 0 Å². The van der Waals surface area contributed by atoms with Crippen molar-refractivity contribution >= 4 is 5.97 Å². The van der Waals surface area contributed by atoms with Crippen LogP contribution in [-0.4, -0.2) is 24.7 Å². The molecule has 1 heterocycles. The van der Waals surface area contributed by atoms with E-state index in [4.69, 9.17) is 4.74 Å². The molecule has 1 saturated carbocycles. The topological polar surface area (TPSA) is 38.3 Å². The highest BCUT2D eigenvalue weighted by Crippen LogP contribution is 2.43. The van der Waals surface area contributed by atoms with Gasteiger partial charge in [0.05, 0.1) is 12.5 Å². The summed E-state index contributed by atoms with van der Waals surface area (Å²) in [6.45, 7) is 3.18. The minimum Gasteiger partial charge on any atom is -0.466 e. The van der Waals surface area contributed by atoms with E-state index in [9.17, 15) is 4.79 Å². The van der Waals surface area contributed by atoms with E-state index < -0.39 is 0 Å². The van der Waals surface area contributed by atoms with Crippen molar-refractivity contribution in [3.8, 4) is 0 Å². The lowest BCUT2D eigenvalue weighted by molar-refractivity contribution is -0.148. The van der Waals surface area contributed by atoms with Gasteiger partial charge in [-0.1, -0.05) is 0 Å². The van der Waals surface area contributed by atoms with Crippen LogP contribution in [0.25, 0.3) is 0 Å². The molecule has 3 heteroatoms. The molecule has 1 aliphatic heterocycles. The van der Waals surface area contributed by atoms with Gasteiger partial charge in [-0.05, 0) is 32.6 Å². The van der Waals surface area contributed by atoms with Crippen molar-refractivity contribution in [3.05, 3.63) is 0 Å². The van der Waals surface area contributed by atoms with Crippen LogP contribution in [0.1, 0.15) is 32.6 Å². The van der Waals surface area contributed by atoms with Crippen LogP contribution in [0.4, 0.5) is 0 Å². The molecule has 2 fully saturated rings. The second kappa shape index (κ2) is 3.29. The molecule has 0 bridgehead atoms. The van der Waals surface area contributed by atoms with E-state index in [1.54, 1.807) is 0 Å². The summed E-state index contributed by atoms with van der Waals surface area (Å²) in [5.41, 5.74) is 0.434. The summed E-state index contributed by atoms with van der Waals surface area (Å²) in [7, 11) is 0. The number of esters is 1. The Kier molecular flexibility index (Phi) is 2.28. The molecular formula is C10H17NO2.